The van der Waals surface area contributed by atoms with E-state index < -0.39 is 5.91 Å². The molecule has 2 aromatic rings. The molecule has 0 atom stereocenters. The van der Waals surface area contributed by atoms with Crippen molar-refractivity contribution in [1.29, 1.82) is 0 Å². The second kappa shape index (κ2) is 6.89. The zero-order valence-electron chi connectivity index (χ0n) is 11.3. The lowest BCUT2D eigenvalue weighted by atomic mass is 10.1. The Morgan fingerprint density at radius 1 is 1.33 bits per heavy atom. The van der Waals surface area contributed by atoms with Crippen LogP contribution in [0.15, 0.2) is 33.9 Å². The van der Waals surface area contributed by atoms with Crippen LogP contribution in [0.4, 0.5) is 0 Å². The molecule has 2 rings (SSSR count). The van der Waals surface area contributed by atoms with Crippen molar-refractivity contribution >= 4 is 23.6 Å². The first-order chi connectivity index (χ1) is 10.1. The molecule has 0 aliphatic rings. The maximum Gasteiger partial charge on any atom is 0.277 e. The van der Waals surface area contributed by atoms with Crippen LogP contribution in [-0.4, -0.2) is 34.3 Å². The van der Waals surface area contributed by atoms with Gasteiger partial charge in [-0.25, -0.2) is 0 Å². The Kier molecular flexibility index (Phi) is 4.94. The van der Waals surface area contributed by atoms with Gasteiger partial charge < -0.3 is 15.5 Å². The van der Waals surface area contributed by atoms with Gasteiger partial charge in [-0.1, -0.05) is 30.0 Å². The molecule has 0 radical (unpaired) electrons. The van der Waals surface area contributed by atoms with Crippen LogP contribution < -0.4 is 11.1 Å². The molecule has 2 amide bonds. The van der Waals surface area contributed by atoms with Crippen molar-refractivity contribution in [2.24, 2.45) is 5.73 Å². The van der Waals surface area contributed by atoms with E-state index in [1.165, 1.54) is 0 Å². The summed E-state index contributed by atoms with van der Waals surface area (Å²) in [7, 11) is 0. The normalized spacial score (nSPS) is 10.3. The third-order valence-corrected chi connectivity index (χ3v) is 3.39. The number of rotatable bonds is 6. The van der Waals surface area contributed by atoms with Crippen LogP contribution in [0.25, 0.3) is 11.5 Å². The number of thioether (sulfide) groups is 1. The van der Waals surface area contributed by atoms with Gasteiger partial charge in [0, 0.05) is 5.56 Å². The maximum absolute atomic E-state index is 11.4. The minimum atomic E-state index is -0.590. The van der Waals surface area contributed by atoms with E-state index >= 15 is 0 Å². The summed E-state index contributed by atoms with van der Waals surface area (Å²) >= 11 is 1.10. The Morgan fingerprint density at radius 2 is 2.10 bits per heavy atom. The molecule has 8 heteroatoms. The number of nitrogens with two attached hydrogens (primary N) is 1. The molecule has 0 saturated heterocycles. The second-order valence-electron chi connectivity index (χ2n) is 4.22. The molecule has 21 heavy (non-hydrogen) atoms. The molecule has 1 aromatic heterocycles. The van der Waals surface area contributed by atoms with Crippen LogP contribution in [-0.2, 0) is 9.59 Å². The van der Waals surface area contributed by atoms with Gasteiger partial charge in [0.25, 0.3) is 5.22 Å². The number of nitrogens with one attached hydrogen (secondary N) is 1. The van der Waals surface area contributed by atoms with Gasteiger partial charge in [-0.15, -0.1) is 10.2 Å². The number of carbonyl (C=O) groups is 2. The van der Waals surface area contributed by atoms with Gasteiger partial charge in [-0.05, 0) is 18.6 Å². The molecule has 0 saturated carbocycles. The van der Waals surface area contributed by atoms with Gasteiger partial charge in [0.05, 0.1) is 12.3 Å². The van der Waals surface area contributed by atoms with Crippen molar-refractivity contribution in [2.45, 2.75) is 12.1 Å². The Morgan fingerprint density at radius 3 is 2.81 bits per heavy atom. The molecule has 0 aliphatic carbocycles. The van der Waals surface area contributed by atoms with Gasteiger partial charge in [-0.2, -0.15) is 0 Å². The van der Waals surface area contributed by atoms with Gasteiger partial charge >= 0.3 is 0 Å². The second-order valence-corrected chi connectivity index (χ2v) is 5.15. The number of hydrogen-bond donors (Lipinski definition) is 2. The number of primary amides is 1. The predicted molar refractivity (Wildman–Crippen MR) is 77.4 cm³/mol. The lowest BCUT2D eigenvalue weighted by Crippen LogP contribution is -2.34. The van der Waals surface area contributed by atoms with E-state index in [1.54, 1.807) is 0 Å². The van der Waals surface area contributed by atoms with Crippen LogP contribution >= 0.6 is 11.8 Å². The number of aryl methyl sites for hydroxylation is 1. The van der Waals surface area contributed by atoms with Crippen molar-refractivity contribution in [3.05, 3.63) is 29.8 Å². The summed E-state index contributed by atoms with van der Waals surface area (Å²) < 4.78 is 5.50. The Balaban J connectivity index is 1.93. The number of aromatic nitrogens is 2. The highest BCUT2D eigenvalue weighted by atomic mass is 32.2. The molecule has 1 aromatic carbocycles. The molecular formula is C13H14N4O3S. The van der Waals surface area contributed by atoms with Crippen molar-refractivity contribution in [3.63, 3.8) is 0 Å². The summed E-state index contributed by atoms with van der Waals surface area (Å²) in [6, 6.07) is 7.64. The fraction of sp³-hybridized carbons (Fsp3) is 0.231. The largest absolute Gasteiger partial charge is 0.411 e. The summed E-state index contributed by atoms with van der Waals surface area (Å²) in [5.41, 5.74) is 6.81. The topological polar surface area (TPSA) is 111 Å². The molecule has 110 valence electrons. The van der Waals surface area contributed by atoms with E-state index in [9.17, 15) is 9.59 Å². The van der Waals surface area contributed by atoms with Gasteiger partial charge in [-0.3, -0.25) is 9.59 Å². The Labute approximate surface area is 125 Å². The molecule has 3 N–H and O–H groups in total. The van der Waals surface area contributed by atoms with Gasteiger partial charge in [0.2, 0.25) is 17.7 Å². The smallest absolute Gasteiger partial charge is 0.277 e. The fourth-order valence-corrected chi connectivity index (χ4v) is 2.15. The zero-order chi connectivity index (χ0) is 15.2. The highest BCUT2D eigenvalue weighted by Gasteiger charge is 2.12. The molecule has 0 unspecified atom stereocenters. The first kappa shape index (κ1) is 15.0. The van der Waals surface area contributed by atoms with Crippen molar-refractivity contribution in [2.75, 3.05) is 12.3 Å². The van der Waals surface area contributed by atoms with Crippen molar-refractivity contribution in [1.82, 2.24) is 15.5 Å². The minimum absolute atomic E-state index is 0.0721. The van der Waals surface area contributed by atoms with Crippen molar-refractivity contribution in [3.8, 4) is 11.5 Å². The van der Waals surface area contributed by atoms with Crippen LogP contribution in [0.1, 0.15) is 5.56 Å². The number of benzene rings is 1. The summed E-state index contributed by atoms with van der Waals surface area (Å²) in [5, 5.41) is 10.5. The SMILES string of the molecule is Cc1ccccc1-c1nnc(SCC(=O)NCC(N)=O)o1. The Hall–Kier alpha value is -2.35. The quantitative estimate of drug-likeness (QED) is 0.761. The lowest BCUT2D eigenvalue weighted by molar-refractivity contribution is -0.123. The van der Waals surface area contributed by atoms with Crippen LogP contribution in [0.3, 0.4) is 0 Å². The molecular weight excluding hydrogens is 292 g/mol. The molecule has 0 bridgehead atoms. The van der Waals surface area contributed by atoms with E-state index in [-0.39, 0.29) is 18.2 Å². The first-order valence-electron chi connectivity index (χ1n) is 6.13. The number of nitrogens with zero attached hydrogens (tertiary/aromatic N) is 2. The molecule has 0 fully saturated rings. The highest BCUT2D eigenvalue weighted by molar-refractivity contribution is 7.99. The fourth-order valence-electron chi connectivity index (χ4n) is 1.55. The van der Waals surface area contributed by atoms with E-state index in [0.29, 0.717) is 11.1 Å². The standard InChI is InChI=1S/C13H14N4O3S/c1-8-4-2-3-5-9(8)12-16-17-13(20-12)21-7-11(19)15-6-10(14)18/h2-5H,6-7H2,1H3,(H2,14,18)(H,15,19). The Bertz CT molecular complexity index is 656. The van der Waals surface area contributed by atoms with Gasteiger partial charge in [0.1, 0.15) is 0 Å². The van der Waals surface area contributed by atoms with E-state index in [2.05, 4.69) is 15.5 Å². The molecule has 7 nitrogen and oxygen atoms in total. The maximum atomic E-state index is 11.4. The van der Waals surface area contributed by atoms with E-state index in [0.717, 1.165) is 22.9 Å². The average molecular weight is 306 g/mol. The lowest BCUT2D eigenvalue weighted by Gasteiger charge is -2.00. The molecule has 1 heterocycles. The molecule has 0 aliphatic heterocycles. The number of hydrogen-bond acceptors (Lipinski definition) is 6. The predicted octanol–water partition coefficient (Wildman–Crippen LogP) is 0.739. The highest BCUT2D eigenvalue weighted by Crippen LogP contribution is 2.25. The third kappa shape index (κ3) is 4.32. The summed E-state index contributed by atoms with van der Waals surface area (Å²) in [5.74, 6) is -0.432. The molecule has 0 spiro atoms. The monoisotopic (exact) mass is 306 g/mol. The summed E-state index contributed by atoms with van der Waals surface area (Å²) in [4.78, 5) is 22.0. The number of amides is 2. The summed E-state index contributed by atoms with van der Waals surface area (Å²) in [6.07, 6.45) is 0. The van der Waals surface area contributed by atoms with Gasteiger partial charge in [0.15, 0.2) is 0 Å². The minimum Gasteiger partial charge on any atom is -0.411 e. The van der Waals surface area contributed by atoms with E-state index in [1.807, 2.05) is 31.2 Å². The summed E-state index contributed by atoms with van der Waals surface area (Å²) in [6.45, 7) is 1.77. The zero-order valence-corrected chi connectivity index (χ0v) is 12.1. The van der Waals surface area contributed by atoms with Crippen LogP contribution in [0.5, 0.6) is 0 Å². The third-order valence-electron chi connectivity index (χ3n) is 2.57. The van der Waals surface area contributed by atoms with Crippen LogP contribution in [0, 0.1) is 6.92 Å². The average Bonchev–Trinajstić information content (AvgIpc) is 2.92. The number of carbonyl (C=O) groups excluding carboxylic acids is 2. The van der Waals surface area contributed by atoms with Crippen LogP contribution in [0.2, 0.25) is 0 Å². The van der Waals surface area contributed by atoms with E-state index in [4.69, 9.17) is 10.2 Å². The van der Waals surface area contributed by atoms with Crippen molar-refractivity contribution < 1.29 is 14.0 Å². The first-order valence-corrected chi connectivity index (χ1v) is 7.12.